The molecule has 0 radical (unpaired) electrons. The Balaban J connectivity index is 1.77. The zero-order valence-corrected chi connectivity index (χ0v) is 19.0. The molecule has 2 fully saturated rings. The third kappa shape index (κ3) is 2.46. The van der Waals surface area contributed by atoms with E-state index in [1.165, 1.54) is 40.5 Å². The average molecular weight is 404 g/mol. The Morgan fingerprint density at radius 2 is 1.93 bits per heavy atom. The number of nitrogens with one attached hydrogen (secondary N) is 1. The maximum Gasteiger partial charge on any atom is 0.0607 e. The molecule has 1 spiro atoms. The van der Waals surface area contributed by atoms with Crippen molar-refractivity contribution < 1.29 is 5.11 Å². The number of para-hydroxylation sites is 1. The van der Waals surface area contributed by atoms with Gasteiger partial charge in [0, 0.05) is 28.4 Å². The highest BCUT2D eigenvalue weighted by atomic mass is 16.3. The van der Waals surface area contributed by atoms with Gasteiger partial charge in [0.05, 0.1) is 6.10 Å². The van der Waals surface area contributed by atoms with Crippen molar-refractivity contribution in [1.82, 2.24) is 4.98 Å². The number of hydrogen-bond acceptors (Lipinski definition) is 1. The third-order valence-electron chi connectivity index (χ3n) is 9.75. The van der Waals surface area contributed by atoms with E-state index in [1.807, 2.05) is 0 Å². The van der Waals surface area contributed by atoms with Crippen LogP contribution in [0.5, 0.6) is 0 Å². The number of allylic oxidation sites excluding steroid dienone is 3. The van der Waals surface area contributed by atoms with E-state index in [1.54, 1.807) is 0 Å². The van der Waals surface area contributed by atoms with Crippen LogP contribution >= 0.6 is 0 Å². The van der Waals surface area contributed by atoms with Crippen LogP contribution in [0.2, 0.25) is 0 Å². The molecule has 2 heteroatoms. The zero-order valence-electron chi connectivity index (χ0n) is 19.0. The molecule has 30 heavy (non-hydrogen) atoms. The molecule has 1 heterocycles. The Morgan fingerprint density at radius 3 is 2.70 bits per heavy atom. The van der Waals surface area contributed by atoms with Crippen LogP contribution in [-0.2, 0) is 0 Å². The predicted molar refractivity (Wildman–Crippen MR) is 125 cm³/mol. The summed E-state index contributed by atoms with van der Waals surface area (Å²) in [5.74, 6) is 1.96. The zero-order chi connectivity index (χ0) is 21.3. The Morgan fingerprint density at radius 1 is 1.17 bits per heavy atom. The summed E-state index contributed by atoms with van der Waals surface area (Å²) in [5.41, 5.74) is 5.31. The summed E-state index contributed by atoms with van der Waals surface area (Å²) in [6.07, 6.45) is 10.0. The minimum absolute atomic E-state index is 0.0513. The summed E-state index contributed by atoms with van der Waals surface area (Å²) in [7, 11) is 0. The first-order chi connectivity index (χ1) is 14.3. The number of H-pyrrole nitrogens is 1. The molecule has 7 atom stereocenters. The van der Waals surface area contributed by atoms with E-state index in [9.17, 15) is 5.11 Å². The number of aliphatic hydroxyl groups is 1. The van der Waals surface area contributed by atoms with Gasteiger partial charge in [0.25, 0.3) is 0 Å². The van der Waals surface area contributed by atoms with Crippen LogP contribution in [-0.4, -0.2) is 16.2 Å². The fourth-order valence-electron chi connectivity index (χ4n) is 8.00. The number of aromatic nitrogens is 1. The first-order valence-corrected chi connectivity index (χ1v) is 11.9. The second-order valence-corrected chi connectivity index (χ2v) is 10.9. The Kier molecular flexibility index (Phi) is 4.60. The molecule has 3 aliphatic rings. The molecule has 2 nitrogen and oxygen atoms in total. The smallest absolute Gasteiger partial charge is 0.0607 e. The average Bonchev–Trinajstić information content (AvgIpc) is 3.16. The Hall–Kier alpha value is -1.80. The van der Waals surface area contributed by atoms with Crippen LogP contribution in [0.15, 0.2) is 54.3 Å². The summed E-state index contributed by atoms with van der Waals surface area (Å²) in [6.45, 7) is 14.0. The lowest BCUT2D eigenvalue weighted by atomic mass is 9.37. The van der Waals surface area contributed by atoms with Crippen molar-refractivity contribution in [1.29, 1.82) is 0 Å². The van der Waals surface area contributed by atoms with Crippen molar-refractivity contribution in [3.63, 3.8) is 0 Å². The lowest BCUT2D eigenvalue weighted by molar-refractivity contribution is -0.208. The standard InChI is InChI=1S/C28H37NO/c1-17(2)20-13-15-28-24(30)11-10-19(4)27(28,5)14-12-18(3)26(28)25(20)22-16-29-23-9-7-6-8-21(22)23/h6-9,13,16,18-19,24-26,29-30H,1,10-12,14-15H2,2-5H3/t18-,19+,24-,25-,26+,27+,28+/m0/s1. The van der Waals surface area contributed by atoms with Crippen molar-refractivity contribution in [2.75, 3.05) is 0 Å². The molecule has 0 unspecified atom stereocenters. The van der Waals surface area contributed by atoms with Gasteiger partial charge >= 0.3 is 0 Å². The number of rotatable bonds is 2. The van der Waals surface area contributed by atoms with Gasteiger partial charge in [-0.3, -0.25) is 0 Å². The number of benzene rings is 1. The van der Waals surface area contributed by atoms with Gasteiger partial charge in [-0.2, -0.15) is 0 Å². The predicted octanol–water partition coefficient (Wildman–Crippen LogP) is 6.99. The summed E-state index contributed by atoms with van der Waals surface area (Å²) in [6, 6.07) is 8.68. The van der Waals surface area contributed by atoms with Crippen LogP contribution in [0.3, 0.4) is 0 Å². The molecular weight excluding hydrogens is 366 g/mol. The first kappa shape index (κ1) is 20.1. The van der Waals surface area contributed by atoms with E-state index in [-0.39, 0.29) is 16.9 Å². The second-order valence-electron chi connectivity index (χ2n) is 10.9. The van der Waals surface area contributed by atoms with Gasteiger partial charge in [-0.15, -0.1) is 0 Å². The van der Waals surface area contributed by atoms with E-state index in [4.69, 9.17) is 0 Å². The highest BCUT2D eigenvalue weighted by molar-refractivity contribution is 5.84. The highest BCUT2D eigenvalue weighted by Gasteiger charge is 2.66. The van der Waals surface area contributed by atoms with Gasteiger partial charge in [-0.1, -0.05) is 57.2 Å². The fourth-order valence-corrected chi connectivity index (χ4v) is 8.00. The molecule has 2 N–H and O–H groups in total. The SMILES string of the molecule is C=C(C)C1=CC[C@@]23[C@H]([C@@H](C)CC[C@]2(C)[C@H](C)CC[C@@H]3O)[C@@H]1c1c[nH]c2ccccc12. The van der Waals surface area contributed by atoms with Crippen molar-refractivity contribution in [3.8, 4) is 0 Å². The monoisotopic (exact) mass is 403 g/mol. The summed E-state index contributed by atoms with van der Waals surface area (Å²) < 4.78 is 0. The number of aliphatic hydroxyl groups excluding tert-OH is 1. The van der Waals surface area contributed by atoms with E-state index in [0.717, 1.165) is 19.3 Å². The molecule has 2 aromatic rings. The summed E-state index contributed by atoms with van der Waals surface area (Å²) >= 11 is 0. The van der Waals surface area contributed by atoms with Gasteiger partial charge in [0.1, 0.15) is 0 Å². The molecule has 0 aliphatic heterocycles. The van der Waals surface area contributed by atoms with Crippen LogP contribution in [0.25, 0.3) is 10.9 Å². The largest absolute Gasteiger partial charge is 0.393 e. The number of aromatic amines is 1. The lowest BCUT2D eigenvalue weighted by Gasteiger charge is -2.68. The summed E-state index contributed by atoms with van der Waals surface area (Å²) in [5, 5.41) is 13.0. The normalized spacial score (nSPS) is 41.1. The molecule has 0 saturated heterocycles. The van der Waals surface area contributed by atoms with Gasteiger partial charge in [-0.05, 0) is 79.4 Å². The van der Waals surface area contributed by atoms with E-state index >= 15 is 0 Å². The number of fused-ring (bicyclic) bond motifs is 1. The fraction of sp³-hybridized carbons (Fsp3) is 0.571. The maximum atomic E-state index is 11.7. The van der Waals surface area contributed by atoms with E-state index in [0.29, 0.717) is 23.7 Å². The number of hydrogen-bond donors (Lipinski definition) is 2. The topological polar surface area (TPSA) is 36.0 Å². The van der Waals surface area contributed by atoms with Crippen molar-refractivity contribution in [2.24, 2.45) is 28.6 Å². The van der Waals surface area contributed by atoms with Gasteiger partial charge in [0.2, 0.25) is 0 Å². The Labute approximate surface area is 181 Å². The molecule has 5 rings (SSSR count). The Bertz CT molecular complexity index is 1010. The summed E-state index contributed by atoms with van der Waals surface area (Å²) in [4.78, 5) is 3.54. The maximum absolute atomic E-state index is 11.7. The minimum atomic E-state index is -0.220. The molecule has 1 aromatic carbocycles. The van der Waals surface area contributed by atoms with Gasteiger partial charge < -0.3 is 10.1 Å². The lowest BCUT2D eigenvalue weighted by Crippen LogP contribution is -2.64. The van der Waals surface area contributed by atoms with Gasteiger partial charge in [0.15, 0.2) is 0 Å². The van der Waals surface area contributed by atoms with E-state index < -0.39 is 0 Å². The molecule has 160 valence electrons. The van der Waals surface area contributed by atoms with Crippen LogP contribution < -0.4 is 0 Å². The van der Waals surface area contributed by atoms with Gasteiger partial charge in [-0.25, -0.2) is 0 Å². The molecule has 3 aliphatic carbocycles. The quantitative estimate of drug-likeness (QED) is 0.557. The van der Waals surface area contributed by atoms with Crippen molar-refractivity contribution >= 4 is 10.9 Å². The van der Waals surface area contributed by atoms with Crippen LogP contribution in [0.1, 0.15) is 71.3 Å². The second kappa shape index (κ2) is 6.85. The van der Waals surface area contributed by atoms with Crippen LogP contribution in [0.4, 0.5) is 0 Å². The molecule has 1 aromatic heterocycles. The minimum Gasteiger partial charge on any atom is -0.393 e. The van der Waals surface area contributed by atoms with Crippen molar-refractivity contribution in [2.45, 2.75) is 71.8 Å². The highest BCUT2D eigenvalue weighted by Crippen LogP contribution is 2.71. The van der Waals surface area contributed by atoms with Crippen molar-refractivity contribution in [3.05, 3.63) is 59.8 Å². The molecule has 0 bridgehead atoms. The third-order valence-corrected chi connectivity index (χ3v) is 9.75. The van der Waals surface area contributed by atoms with Crippen LogP contribution in [0, 0.1) is 28.6 Å². The van der Waals surface area contributed by atoms with E-state index in [2.05, 4.69) is 75.8 Å². The molecule has 0 amide bonds. The first-order valence-electron chi connectivity index (χ1n) is 11.9. The molecule has 2 saturated carbocycles. The molecular formula is C28H37NO.